The second-order valence-corrected chi connectivity index (χ2v) is 14.2. The van der Waals surface area contributed by atoms with Crippen LogP contribution in [-0.4, -0.2) is 95.6 Å². The van der Waals surface area contributed by atoms with Crippen LogP contribution in [0.15, 0.2) is 95.9 Å². The van der Waals surface area contributed by atoms with Crippen LogP contribution < -0.4 is 24.0 Å². The van der Waals surface area contributed by atoms with E-state index in [-0.39, 0.29) is 38.5 Å². The first-order valence-corrected chi connectivity index (χ1v) is 19.0. The Morgan fingerprint density at radius 2 is 1.16 bits per heavy atom. The average molecular weight is 732 g/mol. The van der Waals surface area contributed by atoms with Crippen LogP contribution >= 0.6 is 11.6 Å². The van der Waals surface area contributed by atoms with Gasteiger partial charge < -0.3 is 29.1 Å². The molecule has 0 saturated carbocycles. The lowest BCUT2D eigenvalue weighted by molar-refractivity contribution is 0.0739. The highest BCUT2D eigenvalue weighted by atomic mass is 35.5. The fourth-order valence-corrected chi connectivity index (χ4v) is 8.05. The van der Waals surface area contributed by atoms with Crippen molar-refractivity contribution in [1.82, 2.24) is 9.80 Å². The van der Waals surface area contributed by atoms with Crippen LogP contribution in [0.3, 0.4) is 0 Å². The molecule has 2 fully saturated rings. The van der Waals surface area contributed by atoms with Gasteiger partial charge in [0.05, 0.1) is 40.9 Å². The second kappa shape index (κ2) is 15.9. The Kier molecular flexibility index (Phi) is 11.2. The SMILES string of the molecule is CCOc1ccccc1N1CCN(C(=O)c2ccc(Cl)c(S(=O)(=O)Nc3ccccc3C(=O)N3CCN(c4ccccc4OCC)CC3)c2)CC1. The lowest BCUT2D eigenvalue weighted by Crippen LogP contribution is -2.49. The second-order valence-electron chi connectivity index (χ2n) is 12.2. The van der Waals surface area contributed by atoms with Crippen molar-refractivity contribution in [1.29, 1.82) is 0 Å². The summed E-state index contributed by atoms with van der Waals surface area (Å²) in [5, 5.41) is -0.0383. The van der Waals surface area contributed by atoms with Gasteiger partial charge in [-0.05, 0) is 68.4 Å². The lowest BCUT2D eigenvalue weighted by atomic mass is 10.1. The summed E-state index contributed by atoms with van der Waals surface area (Å²) in [7, 11) is -4.30. The maximum atomic E-state index is 13.8. The topological polar surface area (TPSA) is 112 Å². The maximum absolute atomic E-state index is 13.8. The molecule has 4 aromatic rings. The number of sulfonamides is 1. The van der Waals surface area contributed by atoms with Crippen LogP contribution in [0, 0.1) is 0 Å². The van der Waals surface area contributed by atoms with Crippen molar-refractivity contribution in [2.75, 3.05) is 80.1 Å². The molecule has 51 heavy (non-hydrogen) atoms. The van der Waals surface area contributed by atoms with Gasteiger partial charge in [-0.2, -0.15) is 0 Å². The molecule has 1 N–H and O–H groups in total. The molecule has 268 valence electrons. The van der Waals surface area contributed by atoms with Crippen molar-refractivity contribution in [2.45, 2.75) is 18.7 Å². The first kappa shape index (κ1) is 35.9. The van der Waals surface area contributed by atoms with Gasteiger partial charge in [-0.15, -0.1) is 0 Å². The van der Waals surface area contributed by atoms with Crippen molar-refractivity contribution < 1.29 is 27.5 Å². The van der Waals surface area contributed by atoms with Gasteiger partial charge in [-0.25, -0.2) is 8.42 Å². The average Bonchev–Trinajstić information content (AvgIpc) is 3.15. The fourth-order valence-electron chi connectivity index (χ4n) is 6.45. The quantitative estimate of drug-likeness (QED) is 0.204. The fraction of sp³-hybridized carbons (Fsp3) is 0.316. The van der Waals surface area contributed by atoms with E-state index in [1.165, 1.54) is 18.2 Å². The van der Waals surface area contributed by atoms with Crippen LogP contribution in [-0.2, 0) is 10.0 Å². The van der Waals surface area contributed by atoms with Gasteiger partial charge in [0.1, 0.15) is 16.4 Å². The zero-order chi connectivity index (χ0) is 36.0. The number of para-hydroxylation sites is 5. The summed E-state index contributed by atoms with van der Waals surface area (Å²) in [6.45, 7) is 9.16. The van der Waals surface area contributed by atoms with Crippen molar-refractivity contribution in [2.24, 2.45) is 0 Å². The monoisotopic (exact) mass is 731 g/mol. The predicted molar refractivity (Wildman–Crippen MR) is 200 cm³/mol. The molecule has 0 atom stereocenters. The third kappa shape index (κ3) is 8.02. The molecule has 0 aromatic heterocycles. The molecule has 2 aliphatic rings. The molecular weight excluding hydrogens is 690 g/mol. The summed E-state index contributed by atoms with van der Waals surface area (Å²) in [6, 6.07) is 26.4. The predicted octanol–water partition coefficient (Wildman–Crippen LogP) is 5.86. The van der Waals surface area contributed by atoms with E-state index >= 15 is 0 Å². The highest BCUT2D eigenvalue weighted by Crippen LogP contribution is 2.32. The van der Waals surface area contributed by atoms with Gasteiger partial charge in [0.2, 0.25) is 0 Å². The third-order valence-electron chi connectivity index (χ3n) is 9.01. The third-order valence-corrected chi connectivity index (χ3v) is 10.9. The molecule has 11 nitrogen and oxygen atoms in total. The Balaban J connectivity index is 1.13. The zero-order valence-electron chi connectivity index (χ0n) is 28.8. The Hall–Kier alpha value is -4.94. The minimum Gasteiger partial charge on any atom is -0.492 e. The summed E-state index contributed by atoms with van der Waals surface area (Å²) in [5.74, 6) is 1.01. The molecule has 0 bridgehead atoms. The Morgan fingerprint density at radius 1 is 0.667 bits per heavy atom. The van der Waals surface area contributed by atoms with Gasteiger partial charge in [0.15, 0.2) is 0 Å². The molecule has 6 rings (SSSR count). The van der Waals surface area contributed by atoms with E-state index in [0.29, 0.717) is 65.6 Å². The summed E-state index contributed by atoms with van der Waals surface area (Å²) in [5.41, 5.74) is 2.50. The lowest BCUT2D eigenvalue weighted by Gasteiger charge is -2.37. The summed E-state index contributed by atoms with van der Waals surface area (Å²) >= 11 is 6.43. The maximum Gasteiger partial charge on any atom is 0.263 e. The number of ether oxygens (including phenoxy) is 2. The van der Waals surface area contributed by atoms with E-state index in [4.69, 9.17) is 21.1 Å². The number of benzene rings is 4. The number of carbonyl (C=O) groups excluding carboxylic acids is 2. The molecule has 2 aliphatic heterocycles. The van der Waals surface area contributed by atoms with Crippen LogP contribution in [0.1, 0.15) is 34.6 Å². The van der Waals surface area contributed by atoms with E-state index in [1.54, 1.807) is 34.1 Å². The first-order valence-electron chi connectivity index (χ1n) is 17.1. The number of nitrogens with one attached hydrogen (secondary N) is 1. The van der Waals surface area contributed by atoms with Crippen LogP contribution in [0.2, 0.25) is 5.02 Å². The van der Waals surface area contributed by atoms with Crippen LogP contribution in [0.5, 0.6) is 11.5 Å². The number of hydrogen-bond donors (Lipinski definition) is 1. The molecule has 13 heteroatoms. The molecule has 0 spiro atoms. The Morgan fingerprint density at radius 3 is 1.71 bits per heavy atom. The molecular formula is C38H42ClN5O6S. The van der Waals surface area contributed by atoms with Crippen molar-refractivity contribution in [3.05, 3.63) is 107 Å². The highest BCUT2D eigenvalue weighted by Gasteiger charge is 2.29. The molecule has 0 radical (unpaired) electrons. The summed E-state index contributed by atoms with van der Waals surface area (Å²) in [4.78, 5) is 34.9. The van der Waals surface area contributed by atoms with Gasteiger partial charge in [-0.3, -0.25) is 14.3 Å². The number of carbonyl (C=O) groups is 2. The normalized spacial score (nSPS) is 15.0. The van der Waals surface area contributed by atoms with Gasteiger partial charge >= 0.3 is 0 Å². The number of piperazine rings is 2. The van der Waals surface area contributed by atoms with E-state index in [9.17, 15) is 18.0 Å². The number of amides is 2. The van der Waals surface area contributed by atoms with E-state index < -0.39 is 10.0 Å². The minimum atomic E-state index is -4.30. The molecule has 2 amide bonds. The zero-order valence-corrected chi connectivity index (χ0v) is 30.3. The van der Waals surface area contributed by atoms with E-state index in [1.807, 2.05) is 62.4 Å². The van der Waals surface area contributed by atoms with Gasteiger partial charge in [-0.1, -0.05) is 48.0 Å². The number of anilines is 3. The van der Waals surface area contributed by atoms with Crippen LogP contribution in [0.4, 0.5) is 17.1 Å². The summed E-state index contributed by atoms with van der Waals surface area (Å²) in [6.07, 6.45) is 0. The number of hydrogen-bond acceptors (Lipinski definition) is 8. The number of nitrogens with zero attached hydrogens (tertiary/aromatic N) is 4. The standard InChI is InChI=1S/C38H42ClN5O6S/c1-3-49-34-15-9-7-13-32(34)41-19-23-43(24-20-41)37(45)28-17-18-30(39)36(27-28)51(47,48)40-31-12-6-5-11-29(31)38(46)44-25-21-42(22-26-44)33-14-8-10-16-35(33)50-4-2/h5-18,27,40H,3-4,19-26H2,1-2H3. The van der Waals surface area contributed by atoms with Crippen molar-refractivity contribution in [3.8, 4) is 11.5 Å². The first-order chi connectivity index (χ1) is 24.7. The highest BCUT2D eigenvalue weighted by molar-refractivity contribution is 7.92. The number of halogens is 1. The van der Waals surface area contributed by atoms with Crippen molar-refractivity contribution >= 4 is 50.5 Å². The Labute approximate surface area is 304 Å². The van der Waals surface area contributed by atoms with Gasteiger partial charge in [0.25, 0.3) is 21.8 Å². The van der Waals surface area contributed by atoms with Crippen molar-refractivity contribution in [3.63, 3.8) is 0 Å². The molecule has 4 aromatic carbocycles. The van der Waals surface area contributed by atoms with E-state index in [2.05, 4.69) is 14.5 Å². The number of rotatable bonds is 11. The Bertz CT molecular complexity index is 1980. The molecule has 0 aliphatic carbocycles. The largest absolute Gasteiger partial charge is 0.492 e. The van der Waals surface area contributed by atoms with Gasteiger partial charge in [0, 0.05) is 57.9 Å². The molecule has 2 saturated heterocycles. The minimum absolute atomic E-state index is 0.0383. The molecule has 0 unspecified atom stereocenters. The van der Waals surface area contributed by atoms with Crippen LogP contribution in [0.25, 0.3) is 0 Å². The smallest absolute Gasteiger partial charge is 0.263 e. The molecule has 2 heterocycles. The van der Waals surface area contributed by atoms with E-state index in [0.717, 1.165) is 22.9 Å². The summed E-state index contributed by atoms with van der Waals surface area (Å²) < 4.78 is 41.8.